The van der Waals surface area contributed by atoms with Crippen LogP contribution in [0, 0.1) is 11.6 Å². The number of hydrogen-bond acceptors (Lipinski definition) is 1. The molecular formula is C16H14F2O. The third-order valence-corrected chi connectivity index (χ3v) is 3.57. The van der Waals surface area contributed by atoms with Crippen LogP contribution in [0.4, 0.5) is 8.78 Å². The normalized spacial score (nSPS) is 16.4. The highest BCUT2D eigenvalue weighted by molar-refractivity contribution is 5.35. The van der Waals surface area contributed by atoms with Gasteiger partial charge in [-0.25, -0.2) is 8.78 Å². The lowest BCUT2D eigenvalue weighted by molar-refractivity contribution is 0.209. The van der Waals surface area contributed by atoms with Gasteiger partial charge in [0.1, 0.15) is 17.7 Å². The van der Waals surface area contributed by atoms with Crippen molar-refractivity contribution in [2.75, 3.05) is 0 Å². The molecule has 2 aromatic carbocycles. The van der Waals surface area contributed by atoms with Crippen LogP contribution in [0.2, 0.25) is 0 Å². The summed E-state index contributed by atoms with van der Waals surface area (Å²) >= 11 is 0. The summed E-state index contributed by atoms with van der Waals surface area (Å²) in [5.74, 6) is -0.825. The number of rotatable bonds is 3. The zero-order valence-electron chi connectivity index (χ0n) is 10.3. The van der Waals surface area contributed by atoms with Crippen LogP contribution in [-0.2, 0) is 0 Å². The average Bonchev–Trinajstić information content (AvgIpc) is 3.23. The Hall–Kier alpha value is -1.74. The van der Waals surface area contributed by atoms with E-state index in [9.17, 15) is 13.9 Å². The number of hydrogen-bond donors (Lipinski definition) is 1. The van der Waals surface area contributed by atoms with Gasteiger partial charge in [-0.05, 0) is 42.0 Å². The molecule has 0 spiro atoms. The van der Waals surface area contributed by atoms with Crippen LogP contribution < -0.4 is 0 Å². The van der Waals surface area contributed by atoms with Gasteiger partial charge in [-0.3, -0.25) is 0 Å². The predicted molar refractivity (Wildman–Crippen MR) is 68.8 cm³/mol. The van der Waals surface area contributed by atoms with Crippen molar-refractivity contribution in [2.24, 2.45) is 0 Å². The molecule has 0 saturated heterocycles. The van der Waals surface area contributed by atoms with Crippen molar-refractivity contribution in [1.29, 1.82) is 0 Å². The van der Waals surface area contributed by atoms with Gasteiger partial charge < -0.3 is 5.11 Å². The fraction of sp³-hybridized carbons (Fsp3) is 0.250. The van der Waals surface area contributed by atoms with Crippen LogP contribution in [0.3, 0.4) is 0 Å². The SMILES string of the molecule is OC(c1ccc(C2CC2)cc1)c1c(F)cccc1F. The minimum absolute atomic E-state index is 0.290. The molecule has 3 heteroatoms. The van der Waals surface area contributed by atoms with Crippen LogP contribution in [-0.4, -0.2) is 5.11 Å². The molecule has 0 bridgehead atoms. The first-order valence-corrected chi connectivity index (χ1v) is 6.38. The first kappa shape index (κ1) is 12.3. The number of aliphatic hydroxyl groups excluding tert-OH is 1. The van der Waals surface area contributed by atoms with E-state index >= 15 is 0 Å². The fourth-order valence-electron chi connectivity index (χ4n) is 2.31. The van der Waals surface area contributed by atoms with Crippen molar-refractivity contribution in [2.45, 2.75) is 24.9 Å². The highest BCUT2D eigenvalue weighted by Gasteiger charge is 2.24. The molecule has 3 rings (SSSR count). The van der Waals surface area contributed by atoms with E-state index in [1.165, 1.54) is 24.5 Å². The highest BCUT2D eigenvalue weighted by Crippen LogP contribution is 2.40. The summed E-state index contributed by atoms with van der Waals surface area (Å²) in [6.45, 7) is 0. The largest absolute Gasteiger partial charge is 0.383 e. The Morgan fingerprint density at radius 2 is 1.53 bits per heavy atom. The lowest BCUT2D eigenvalue weighted by Gasteiger charge is -2.13. The average molecular weight is 260 g/mol. The molecule has 0 aromatic heterocycles. The van der Waals surface area contributed by atoms with Gasteiger partial charge in [-0.1, -0.05) is 30.3 Å². The van der Waals surface area contributed by atoms with Crippen molar-refractivity contribution in [3.8, 4) is 0 Å². The first-order chi connectivity index (χ1) is 9.16. The maximum absolute atomic E-state index is 13.6. The molecule has 1 nitrogen and oxygen atoms in total. The second kappa shape index (κ2) is 4.74. The molecule has 0 amide bonds. The standard InChI is InChI=1S/C16H14F2O/c17-13-2-1-3-14(18)15(13)16(19)12-8-6-11(7-9-12)10-4-5-10/h1-3,6-10,16,19H,4-5H2. The van der Waals surface area contributed by atoms with Gasteiger partial charge in [0.25, 0.3) is 0 Å². The van der Waals surface area contributed by atoms with Crippen LogP contribution >= 0.6 is 0 Å². The number of halogens is 2. The van der Waals surface area contributed by atoms with E-state index in [-0.39, 0.29) is 5.56 Å². The Labute approximate surface area is 110 Å². The third kappa shape index (κ3) is 2.38. The Bertz CT molecular complexity index is 568. The molecule has 0 aliphatic heterocycles. The van der Waals surface area contributed by atoms with E-state index < -0.39 is 17.7 Å². The van der Waals surface area contributed by atoms with Crippen molar-refractivity contribution in [1.82, 2.24) is 0 Å². The summed E-state index contributed by atoms with van der Waals surface area (Å²) in [6.07, 6.45) is 1.13. The van der Waals surface area contributed by atoms with Gasteiger partial charge in [-0.15, -0.1) is 0 Å². The van der Waals surface area contributed by atoms with Gasteiger partial charge >= 0.3 is 0 Å². The van der Waals surface area contributed by atoms with Crippen LogP contribution in [0.1, 0.15) is 41.6 Å². The Morgan fingerprint density at radius 1 is 0.947 bits per heavy atom. The minimum atomic E-state index is -1.27. The molecular weight excluding hydrogens is 246 g/mol. The summed E-state index contributed by atoms with van der Waals surface area (Å²) in [5, 5.41) is 10.1. The molecule has 1 aliphatic rings. The molecule has 0 heterocycles. The number of benzene rings is 2. The smallest absolute Gasteiger partial charge is 0.132 e. The minimum Gasteiger partial charge on any atom is -0.383 e. The Balaban J connectivity index is 1.92. The molecule has 1 saturated carbocycles. The molecule has 2 aromatic rings. The molecule has 1 fully saturated rings. The summed E-state index contributed by atoms with van der Waals surface area (Å²) in [4.78, 5) is 0. The van der Waals surface area contributed by atoms with Crippen molar-refractivity contribution in [3.63, 3.8) is 0 Å². The van der Waals surface area contributed by atoms with Crippen molar-refractivity contribution < 1.29 is 13.9 Å². The molecule has 98 valence electrons. The van der Waals surface area contributed by atoms with Gasteiger partial charge in [0.2, 0.25) is 0 Å². The maximum Gasteiger partial charge on any atom is 0.132 e. The lowest BCUT2D eigenvalue weighted by Crippen LogP contribution is -2.05. The quantitative estimate of drug-likeness (QED) is 0.886. The second-order valence-corrected chi connectivity index (χ2v) is 4.98. The van der Waals surface area contributed by atoms with Crippen LogP contribution in [0.5, 0.6) is 0 Å². The highest BCUT2D eigenvalue weighted by atomic mass is 19.1. The van der Waals surface area contributed by atoms with Crippen molar-refractivity contribution in [3.05, 3.63) is 70.8 Å². The summed E-state index contributed by atoms with van der Waals surface area (Å²) in [7, 11) is 0. The van der Waals surface area contributed by atoms with E-state index in [4.69, 9.17) is 0 Å². The van der Waals surface area contributed by atoms with Crippen LogP contribution in [0.25, 0.3) is 0 Å². The second-order valence-electron chi connectivity index (χ2n) is 4.98. The van der Waals surface area contributed by atoms with E-state index in [1.54, 1.807) is 12.1 Å². The molecule has 0 radical (unpaired) electrons. The van der Waals surface area contributed by atoms with Gasteiger partial charge in [0, 0.05) is 0 Å². The summed E-state index contributed by atoms with van der Waals surface area (Å²) in [6, 6.07) is 10.9. The molecule has 1 aliphatic carbocycles. The van der Waals surface area contributed by atoms with Gasteiger partial charge in [0.05, 0.1) is 5.56 Å². The monoisotopic (exact) mass is 260 g/mol. The zero-order chi connectivity index (χ0) is 13.4. The summed E-state index contributed by atoms with van der Waals surface area (Å²) in [5.41, 5.74) is 1.44. The molecule has 1 N–H and O–H groups in total. The molecule has 1 unspecified atom stereocenters. The van der Waals surface area contributed by atoms with Gasteiger partial charge in [-0.2, -0.15) is 0 Å². The van der Waals surface area contributed by atoms with Crippen molar-refractivity contribution >= 4 is 0 Å². The fourth-order valence-corrected chi connectivity index (χ4v) is 2.31. The number of aliphatic hydroxyl groups is 1. The first-order valence-electron chi connectivity index (χ1n) is 6.38. The van der Waals surface area contributed by atoms with E-state index in [0.29, 0.717) is 11.5 Å². The van der Waals surface area contributed by atoms with E-state index in [2.05, 4.69) is 0 Å². The molecule has 1 atom stereocenters. The molecule has 19 heavy (non-hydrogen) atoms. The maximum atomic E-state index is 13.6. The van der Waals surface area contributed by atoms with E-state index in [0.717, 1.165) is 12.1 Å². The lowest BCUT2D eigenvalue weighted by atomic mass is 9.98. The predicted octanol–water partition coefficient (Wildman–Crippen LogP) is 3.92. The Kier molecular flexibility index (Phi) is 3.07. The van der Waals surface area contributed by atoms with Gasteiger partial charge in [0.15, 0.2) is 0 Å². The Morgan fingerprint density at radius 3 is 2.05 bits per heavy atom. The zero-order valence-corrected chi connectivity index (χ0v) is 10.3. The summed E-state index contributed by atoms with van der Waals surface area (Å²) < 4.78 is 27.2. The van der Waals surface area contributed by atoms with E-state index in [1.807, 2.05) is 12.1 Å². The van der Waals surface area contributed by atoms with Crippen LogP contribution in [0.15, 0.2) is 42.5 Å². The third-order valence-electron chi connectivity index (χ3n) is 3.57. The topological polar surface area (TPSA) is 20.2 Å².